The summed E-state index contributed by atoms with van der Waals surface area (Å²) in [5, 5.41) is 5.50. The Bertz CT molecular complexity index is 2040. The van der Waals surface area contributed by atoms with Crippen LogP contribution >= 0.6 is 23.1 Å². The Labute approximate surface area is 230 Å². The molecule has 0 aliphatic carbocycles. The molecular formula is C36H24S2. The van der Waals surface area contributed by atoms with E-state index in [-0.39, 0.29) is 0 Å². The summed E-state index contributed by atoms with van der Waals surface area (Å²) >= 11 is 3.82. The molecule has 0 bridgehead atoms. The van der Waals surface area contributed by atoms with Crippen molar-refractivity contribution in [1.29, 1.82) is 0 Å². The highest BCUT2D eigenvalue weighted by Crippen LogP contribution is 2.52. The summed E-state index contributed by atoms with van der Waals surface area (Å²) in [4.78, 5) is 2.69. The second kappa shape index (κ2) is 8.33. The zero-order valence-electron chi connectivity index (χ0n) is 21.2. The normalized spacial score (nSPS) is 12.4. The number of benzene rings is 6. The molecule has 0 radical (unpaired) electrons. The van der Waals surface area contributed by atoms with Crippen molar-refractivity contribution >= 4 is 54.0 Å². The largest absolute Gasteiger partial charge is 0.135 e. The van der Waals surface area contributed by atoms with Gasteiger partial charge in [-0.3, -0.25) is 0 Å². The van der Waals surface area contributed by atoms with Crippen LogP contribution in [0.5, 0.6) is 0 Å². The molecule has 0 saturated carbocycles. The molecule has 2 heteroatoms. The van der Waals surface area contributed by atoms with Crippen LogP contribution in [0.4, 0.5) is 0 Å². The summed E-state index contributed by atoms with van der Waals surface area (Å²) in [5.41, 5.74) is 10.4. The smallest absolute Gasteiger partial charge is 0.0368 e. The van der Waals surface area contributed by atoms with E-state index in [1.807, 2.05) is 23.1 Å². The van der Waals surface area contributed by atoms with Crippen molar-refractivity contribution in [3.05, 3.63) is 120 Å². The van der Waals surface area contributed by atoms with Crippen molar-refractivity contribution < 1.29 is 0 Å². The fourth-order valence-corrected chi connectivity index (χ4v) is 8.19. The monoisotopic (exact) mass is 520 g/mol. The lowest BCUT2D eigenvalue weighted by Gasteiger charge is -2.21. The molecule has 180 valence electrons. The summed E-state index contributed by atoms with van der Waals surface area (Å²) in [6.45, 7) is 4.28. The van der Waals surface area contributed by atoms with E-state index in [9.17, 15) is 0 Å². The molecule has 1 aromatic heterocycles. The van der Waals surface area contributed by atoms with E-state index < -0.39 is 0 Å². The van der Waals surface area contributed by atoms with Gasteiger partial charge in [-0.15, -0.1) is 11.3 Å². The van der Waals surface area contributed by atoms with E-state index in [1.165, 1.54) is 85.2 Å². The van der Waals surface area contributed by atoms with E-state index in [0.717, 1.165) is 0 Å². The first-order chi connectivity index (χ1) is 18.6. The maximum atomic E-state index is 2.45. The van der Waals surface area contributed by atoms with Crippen LogP contribution in [0.15, 0.2) is 119 Å². The molecule has 1 aliphatic rings. The van der Waals surface area contributed by atoms with E-state index in [1.54, 1.807) is 0 Å². The van der Waals surface area contributed by atoms with E-state index in [2.05, 4.69) is 123 Å². The first-order valence-electron chi connectivity index (χ1n) is 13.0. The Morgan fingerprint density at radius 3 is 1.84 bits per heavy atom. The van der Waals surface area contributed by atoms with E-state index in [0.29, 0.717) is 0 Å². The maximum Gasteiger partial charge on any atom is 0.0368 e. The third-order valence-corrected chi connectivity index (χ3v) is 10.0. The highest BCUT2D eigenvalue weighted by atomic mass is 32.2. The molecule has 2 heterocycles. The average Bonchev–Trinajstić information content (AvgIpc) is 3.31. The zero-order valence-corrected chi connectivity index (χ0v) is 22.8. The summed E-state index contributed by atoms with van der Waals surface area (Å²) in [6, 6.07) is 40.9. The van der Waals surface area contributed by atoms with Crippen LogP contribution in [0, 0.1) is 13.8 Å². The molecule has 7 aromatic rings. The first kappa shape index (κ1) is 22.2. The van der Waals surface area contributed by atoms with Gasteiger partial charge in [0, 0.05) is 35.3 Å². The fourth-order valence-electron chi connectivity index (χ4n) is 5.81. The van der Waals surface area contributed by atoms with Crippen LogP contribution in [0.25, 0.3) is 64.3 Å². The van der Waals surface area contributed by atoms with Crippen LogP contribution in [0.3, 0.4) is 0 Å². The summed E-state index contributed by atoms with van der Waals surface area (Å²) in [6.07, 6.45) is 0. The van der Waals surface area contributed by atoms with Gasteiger partial charge in [-0.1, -0.05) is 108 Å². The highest BCUT2D eigenvalue weighted by Gasteiger charge is 2.23. The zero-order chi connectivity index (χ0) is 25.4. The van der Waals surface area contributed by atoms with Crippen molar-refractivity contribution in [2.75, 3.05) is 0 Å². The Kier molecular flexibility index (Phi) is 4.86. The Balaban J connectivity index is 1.34. The van der Waals surface area contributed by atoms with Crippen molar-refractivity contribution in [3.8, 4) is 33.4 Å². The number of aryl methyl sites for hydroxylation is 2. The van der Waals surface area contributed by atoms with Gasteiger partial charge in [0.05, 0.1) is 0 Å². The Morgan fingerprint density at radius 2 is 1.11 bits per heavy atom. The minimum atomic E-state index is 1.27. The number of hydrogen-bond acceptors (Lipinski definition) is 2. The Hall–Kier alpha value is -3.85. The molecule has 0 saturated heterocycles. The van der Waals surface area contributed by atoms with Crippen LogP contribution in [0.2, 0.25) is 0 Å². The first-order valence-corrected chi connectivity index (χ1v) is 14.6. The number of thiophene rings is 1. The van der Waals surface area contributed by atoms with Gasteiger partial charge in [0.1, 0.15) is 0 Å². The predicted molar refractivity (Wildman–Crippen MR) is 167 cm³/mol. The highest BCUT2D eigenvalue weighted by molar-refractivity contribution is 7.99. The molecule has 0 unspecified atom stereocenters. The van der Waals surface area contributed by atoms with Gasteiger partial charge in [-0.05, 0) is 76.9 Å². The molecule has 8 rings (SSSR count). The Morgan fingerprint density at radius 1 is 0.447 bits per heavy atom. The van der Waals surface area contributed by atoms with Crippen LogP contribution in [-0.2, 0) is 0 Å². The molecule has 1 aliphatic heterocycles. The SMILES string of the molecule is Cc1ccc(-c2ccc3c(c2)Sc2cccc4c2c-3cc2sc3cc(-c5ccc(C)cc5)ccc3c24)cc1. The number of hydrogen-bond donors (Lipinski definition) is 0. The standard InChI is InChI=1S/C36H24S2/c1-21-6-10-23(11-7-21)25-14-16-27-30-20-34-35(29-4-3-5-31(36(29)30)37-32(27)18-25)28-17-15-26(19-33(28)38-34)24-12-8-22(2)9-13-24/h3-20H,1-2H3. The third kappa shape index (κ3) is 3.37. The van der Waals surface area contributed by atoms with Gasteiger partial charge in [0.2, 0.25) is 0 Å². The number of fused-ring (bicyclic) bond motifs is 6. The summed E-state index contributed by atoms with van der Waals surface area (Å²) in [7, 11) is 0. The van der Waals surface area contributed by atoms with Crippen LogP contribution < -0.4 is 0 Å². The van der Waals surface area contributed by atoms with E-state index in [4.69, 9.17) is 0 Å². The second-order valence-electron chi connectivity index (χ2n) is 10.3. The van der Waals surface area contributed by atoms with Crippen molar-refractivity contribution in [2.24, 2.45) is 0 Å². The lowest BCUT2D eigenvalue weighted by Crippen LogP contribution is -1.94. The second-order valence-corrected chi connectivity index (χ2v) is 12.5. The molecule has 6 aromatic carbocycles. The molecule has 0 nitrogen and oxygen atoms in total. The average molecular weight is 521 g/mol. The third-order valence-electron chi connectivity index (χ3n) is 7.82. The van der Waals surface area contributed by atoms with Crippen molar-refractivity contribution in [2.45, 2.75) is 23.6 Å². The topological polar surface area (TPSA) is 0 Å². The number of rotatable bonds is 2. The van der Waals surface area contributed by atoms with Gasteiger partial charge >= 0.3 is 0 Å². The summed E-state index contributed by atoms with van der Waals surface area (Å²) in [5.74, 6) is 0. The van der Waals surface area contributed by atoms with Crippen LogP contribution in [-0.4, -0.2) is 0 Å². The maximum absolute atomic E-state index is 2.45. The quantitative estimate of drug-likeness (QED) is 0.218. The molecule has 0 N–H and O–H groups in total. The summed E-state index contributed by atoms with van der Waals surface area (Å²) < 4.78 is 2.71. The molecule has 38 heavy (non-hydrogen) atoms. The lowest BCUT2D eigenvalue weighted by molar-refractivity contribution is 1.39. The molecule has 0 atom stereocenters. The van der Waals surface area contributed by atoms with Gasteiger partial charge in [0.25, 0.3) is 0 Å². The van der Waals surface area contributed by atoms with Crippen molar-refractivity contribution in [3.63, 3.8) is 0 Å². The molecular weight excluding hydrogens is 497 g/mol. The van der Waals surface area contributed by atoms with Gasteiger partial charge in [-0.25, -0.2) is 0 Å². The minimum absolute atomic E-state index is 1.27. The predicted octanol–water partition coefficient (Wildman–Crippen LogP) is 11.3. The minimum Gasteiger partial charge on any atom is -0.135 e. The van der Waals surface area contributed by atoms with Crippen LogP contribution in [0.1, 0.15) is 11.1 Å². The molecule has 0 amide bonds. The van der Waals surface area contributed by atoms with Crippen molar-refractivity contribution in [1.82, 2.24) is 0 Å². The lowest BCUT2D eigenvalue weighted by atomic mass is 9.93. The molecule has 0 fully saturated rings. The molecule has 0 spiro atoms. The van der Waals surface area contributed by atoms with Gasteiger partial charge in [-0.2, -0.15) is 0 Å². The van der Waals surface area contributed by atoms with E-state index >= 15 is 0 Å². The van der Waals surface area contributed by atoms with Gasteiger partial charge in [0.15, 0.2) is 0 Å². The fraction of sp³-hybridized carbons (Fsp3) is 0.0556. The van der Waals surface area contributed by atoms with Gasteiger partial charge < -0.3 is 0 Å².